The topological polar surface area (TPSA) is 43.1 Å². The van der Waals surface area contributed by atoms with E-state index in [4.69, 9.17) is 11.6 Å². The van der Waals surface area contributed by atoms with Crippen LogP contribution in [0.15, 0.2) is 0 Å². The van der Waals surface area contributed by atoms with Crippen molar-refractivity contribution in [2.45, 2.75) is 0 Å². The van der Waals surface area contributed by atoms with Crippen molar-refractivity contribution >= 4 is 17.5 Å². The smallest absolute Gasteiger partial charge is 0.253 e. The van der Waals surface area contributed by atoms with E-state index in [-0.39, 0.29) is 0 Å². The summed E-state index contributed by atoms with van der Waals surface area (Å²) in [5.41, 5.74) is 3.38. The lowest BCUT2D eigenvalue weighted by Gasteiger charge is -2.04. The second-order valence-corrected chi connectivity index (χ2v) is 2.69. The minimum absolute atomic E-state index is 1.17. The molecular formula is C7H2ClF4NO. The van der Waals surface area contributed by atoms with E-state index in [0.29, 0.717) is 0 Å². The number of hydrogen-bond acceptors (Lipinski definition) is 1. The zero-order valence-electron chi connectivity index (χ0n) is 6.38. The van der Waals surface area contributed by atoms with Gasteiger partial charge in [-0.2, -0.15) is 0 Å². The minimum Gasteiger partial charge on any atom is -0.365 e. The molecule has 0 heterocycles. The number of nitrogens with two attached hydrogens (primary N) is 1. The number of benzene rings is 1. The van der Waals surface area contributed by atoms with Crippen LogP contribution in [0.1, 0.15) is 10.4 Å². The van der Waals surface area contributed by atoms with Gasteiger partial charge < -0.3 is 5.73 Å². The molecule has 0 atom stereocenters. The second-order valence-electron chi connectivity index (χ2n) is 2.31. The first-order valence-electron chi connectivity index (χ1n) is 3.19. The van der Waals surface area contributed by atoms with Gasteiger partial charge in [0.25, 0.3) is 5.91 Å². The molecule has 1 amide bonds. The van der Waals surface area contributed by atoms with E-state index in [9.17, 15) is 22.4 Å². The number of hydrogen-bond donors (Lipinski definition) is 1. The number of carbonyl (C=O) groups is 1. The number of amides is 1. The van der Waals surface area contributed by atoms with Gasteiger partial charge in [-0.25, -0.2) is 17.6 Å². The summed E-state index contributed by atoms with van der Waals surface area (Å²) in [7, 11) is 0. The largest absolute Gasteiger partial charge is 0.365 e. The Morgan fingerprint density at radius 2 is 1.43 bits per heavy atom. The van der Waals surface area contributed by atoms with Crippen LogP contribution < -0.4 is 5.73 Å². The number of rotatable bonds is 1. The highest BCUT2D eigenvalue weighted by Crippen LogP contribution is 2.27. The summed E-state index contributed by atoms with van der Waals surface area (Å²) in [4.78, 5) is 10.5. The average molecular weight is 228 g/mol. The Morgan fingerprint density at radius 1 is 1.00 bits per heavy atom. The Bertz CT molecular complexity index is 392. The molecule has 0 aromatic heterocycles. The van der Waals surface area contributed by atoms with Crippen molar-refractivity contribution in [3.8, 4) is 0 Å². The lowest BCUT2D eigenvalue weighted by Crippen LogP contribution is -2.17. The number of primary amides is 1. The summed E-state index contributed by atoms with van der Waals surface area (Å²) in [6.07, 6.45) is 0. The van der Waals surface area contributed by atoms with Crippen LogP contribution in [0.5, 0.6) is 0 Å². The zero-order valence-corrected chi connectivity index (χ0v) is 7.13. The third-order valence-electron chi connectivity index (χ3n) is 1.46. The Kier molecular flexibility index (Phi) is 2.66. The fourth-order valence-electron chi connectivity index (χ4n) is 0.821. The predicted octanol–water partition coefficient (Wildman–Crippen LogP) is 2.00. The first-order valence-corrected chi connectivity index (χ1v) is 3.57. The summed E-state index contributed by atoms with van der Waals surface area (Å²) < 4.78 is 50.5. The molecule has 0 saturated heterocycles. The van der Waals surface area contributed by atoms with E-state index < -0.39 is 39.8 Å². The second kappa shape index (κ2) is 3.45. The van der Waals surface area contributed by atoms with E-state index in [0.717, 1.165) is 0 Å². The molecule has 0 aliphatic rings. The van der Waals surface area contributed by atoms with Gasteiger partial charge in [0.2, 0.25) is 0 Å². The summed E-state index contributed by atoms with van der Waals surface area (Å²) in [5, 5.41) is -1.17. The molecule has 0 fully saturated rings. The minimum atomic E-state index is -2.12. The molecule has 0 unspecified atom stereocenters. The van der Waals surface area contributed by atoms with Crippen LogP contribution in [-0.4, -0.2) is 5.91 Å². The molecule has 76 valence electrons. The molecular weight excluding hydrogens is 226 g/mol. The van der Waals surface area contributed by atoms with Gasteiger partial charge in [-0.05, 0) is 0 Å². The van der Waals surface area contributed by atoms with E-state index in [1.165, 1.54) is 0 Å². The standard InChI is InChI=1S/C7H2ClF4NO/c8-2-1(7(13)14)3(9)5(11)6(12)4(2)10/h(H2,13,14). The van der Waals surface area contributed by atoms with Crippen molar-refractivity contribution in [3.63, 3.8) is 0 Å². The Morgan fingerprint density at radius 3 is 1.86 bits per heavy atom. The van der Waals surface area contributed by atoms with E-state index in [1.807, 2.05) is 0 Å². The molecule has 0 saturated carbocycles. The molecule has 0 bridgehead atoms. The molecule has 14 heavy (non-hydrogen) atoms. The van der Waals surface area contributed by atoms with E-state index in [1.54, 1.807) is 0 Å². The molecule has 0 spiro atoms. The molecule has 0 radical (unpaired) electrons. The van der Waals surface area contributed by atoms with Gasteiger partial charge in [0.05, 0.1) is 10.6 Å². The van der Waals surface area contributed by atoms with Gasteiger partial charge >= 0.3 is 0 Å². The maximum Gasteiger partial charge on any atom is 0.253 e. The first kappa shape index (κ1) is 10.8. The monoisotopic (exact) mass is 227 g/mol. The van der Waals surface area contributed by atoms with Gasteiger partial charge in [-0.15, -0.1) is 0 Å². The zero-order chi connectivity index (χ0) is 11.0. The molecule has 2 N–H and O–H groups in total. The normalized spacial score (nSPS) is 10.4. The SMILES string of the molecule is NC(=O)c1c(F)c(F)c(F)c(F)c1Cl. The van der Waals surface area contributed by atoms with Crippen LogP contribution in [0.4, 0.5) is 17.6 Å². The van der Waals surface area contributed by atoms with Crippen LogP contribution in [0.2, 0.25) is 5.02 Å². The molecule has 1 aromatic rings. The fraction of sp³-hybridized carbons (Fsp3) is 0. The van der Waals surface area contributed by atoms with Crippen molar-refractivity contribution in [2.75, 3.05) is 0 Å². The summed E-state index contributed by atoms with van der Waals surface area (Å²) in [5.74, 6) is -9.44. The van der Waals surface area contributed by atoms with Gasteiger partial charge in [0, 0.05) is 0 Å². The lowest BCUT2D eigenvalue weighted by molar-refractivity contribution is 0.0994. The van der Waals surface area contributed by atoms with Crippen LogP contribution in [0.3, 0.4) is 0 Å². The molecule has 0 aliphatic carbocycles. The van der Waals surface area contributed by atoms with Crippen molar-refractivity contribution in [2.24, 2.45) is 5.73 Å². The van der Waals surface area contributed by atoms with Crippen molar-refractivity contribution in [1.29, 1.82) is 0 Å². The summed E-state index contributed by atoms with van der Waals surface area (Å²) >= 11 is 5.05. The van der Waals surface area contributed by atoms with Gasteiger partial charge in [0.15, 0.2) is 23.3 Å². The first-order chi connectivity index (χ1) is 6.37. The van der Waals surface area contributed by atoms with Crippen molar-refractivity contribution in [1.82, 2.24) is 0 Å². The van der Waals surface area contributed by atoms with Crippen molar-refractivity contribution < 1.29 is 22.4 Å². The molecule has 2 nitrogen and oxygen atoms in total. The Labute approximate surface area is 80.3 Å². The highest BCUT2D eigenvalue weighted by atomic mass is 35.5. The maximum absolute atomic E-state index is 12.8. The highest BCUT2D eigenvalue weighted by molar-refractivity contribution is 6.34. The third kappa shape index (κ3) is 1.41. The van der Waals surface area contributed by atoms with Gasteiger partial charge in [0.1, 0.15) is 0 Å². The predicted molar refractivity (Wildman–Crippen MR) is 39.8 cm³/mol. The Balaban J connectivity index is 3.68. The Hall–Kier alpha value is -1.30. The quantitative estimate of drug-likeness (QED) is 0.445. The van der Waals surface area contributed by atoms with Crippen LogP contribution >= 0.6 is 11.6 Å². The van der Waals surface area contributed by atoms with E-state index >= 15 is 0 Å². The molecule has 0 aliphatic heterocycles. The number of halogens is 5. The average Bonchev–Trinajstić information content (AvgIpc) is 2.11. The van der Waals surface area contributed by atoms with Crippen LogP contribution in [0.25, 0.3) is 0 Å². The van der Waals surface area contributed by atoms with Crippen LogP contribution in [-0.2, 0) is 0 Å². The lowest BCUT2D eigenvalue weighted by atomic mass is 10.2. The molecule has 1 rings (SSSR count). The van der Waals surface area contributed by atoms with Gasteiger partial charge in [-0.1, -0.05) is 11.6 Å². The van der Waals surface area contributed by atoms with Gasteiger partial charge in [-0.3, -0.25) is 4.79 Å². The highest BCUT2D eigenvalue weighted by Gasteiger charge is 2.26. The fourth-order valence-corrected chi connectivity index (χ4v) is 1.08. The number of carbonyl (C=O) groups excluding carboxylic acids is 1. The summed E-state index contributed by atoms with van der Waals surface area (Å²) in [6.45, 7) is 0. The van der Waals surface area contributed by atoms with Crippen LogP contribution in [0, 0.1) is 23.3 Å². The summed E-state index contributed by atoms with van der Waals surface area (Å²) in [6, 6.07) is 0. The molecule has 1 aromatic carbocycles. The maximum atomic E-state index is 12.8. The third-order valence-corrected chi connectivity index (χ3v) is 1.81. The molecule has 7 heteroatoms. The van der Waals surface area contributed by atoms with Crippen molar-refractivity contribution in [3.05, 3.63) is 33.9 Å². The van der Waals surface area contributed by atoms with E-state index in [2.05, 4.69) is 5.73 Å².